The molecule has 5 heteroatoms. The van der Waals surface area contributed by atoms with Crippen LogP contribution < -0.4 is 5.73 Å². The molecular formula is C13H21Cl2N3. The van der Waals surface area contributed by atoms with E-state index < -0.39 is 0 Å². The molecule has 0 aromatic heterocycles. The quantitative estimate of drug-likeness (QED) is 0.664. The van der Waals surface area contributed by atoms with Crippen LogP contribution in [-0.2, 0) is 6.54 Å². The van der Waals surface area contributed by atoms with Gasteiger partial charge in [-0.25, -0.2) is 0 Å². The SMILES string of the molecule is Cl.Cl.N=C(N)c1ccc(CN2CCCCC2)cc1. The Hall–Kier alpha value is -0.770. The normalized spacial score (nSPS) is 15.3. The number of benzene rings is 1. The molecule has 0 atom stereocenters. The van der Waals surface area contributed by atoms with E-state index in [0.29, 0.717) is 0 Å². The standard InChI is InChI=1S/C13H19N3.2ClH/c14-13(15)12-6-4-11(5-7-12)10-16-8-2-1-3-9-16;;/h4-7H,1-3,8-10H2,(H3,14,15);2*1H. The summed E-state index contributed by atoms with van der Waals surface area (Å²) in [5, 5.41) is 7.33. The van der Waals surface area contributed by atoms with Crippen molar-refractivity contribution in [2.75, 3.05) is 13.1 Å². The molecule has 18 heavy (non-hydrogen) atoms. The minimum Gasteiger partial charge on any atom is -0.384 e. The van der Waals surface area contributed by atoms with Crippen LogP contribution in [0.15, 0.2) is 24.3 Å². The first kappa shape index (κ1) is 17.2. The van der Waals surface area contributed by atoms with Crippen LogP contribution in [0.25, 0.3) is 0 Å². The van der Waals surface area contributed by atoms with E-state index in [1.54, 1.807) is 0 Å². The summed E-state index contributed by atoms with van der Waals surface area (Å²) in [7, 11) is 0. The van der Waals surface area contributed by atoms with Crippen molar-refractivity contribution in [1.29, 1.82) is 5.41 Å². The molecule has 0 unspecified atom stereocenters. The summed E-state index contributed by atoms with van der Waals surface area (Å²) in [5.41, 5.74) is 7.54. The molecule has 0 saturated carbocycles. The Balaban J connectivity index is 0.00000144. The van der Waals surface area contributed by atoms with Crippen molar-refractivity contribution in [3.05, 3.63) is 35.4 Å². The zero-order valence-electron chi connectivity index (χ0n) is 10.4. The smallest absolute Gasteiger partial charge is 0.122 e. The molecule has 1 heterocycles. The van der Waals surface area contributed by atoms with Crippen LogP contribution in [0.1, 0.15) is 30.4 Å². The number of piperidine rings is 1. The molecule has 1 aliphatic heterocycles. The van der Waals surface area contributed by atoms with Gasteiger partial charge >= 0.3 is 0 Å². The molecule has 0 aliphatic carbocycles. The molecule has 0 radical (unpaired) electrons. The summed E-state index contributed by atoms with van der Waals surface area (Å²) in [6, 6.07) is 8.01. The van der Waals surface area contributed by atoms with E-state index in [-0.39, 0.29) is 30.6 Å². The van der Waals surface area contributed by atoms with Crippen LogP contribution in [0.4, 0.5) is 0 Å². The largest absolute Gasteiger partial charge is 0.384 e. The first-order chi connectivity index (χ1) is 7.75. The highest BCUT2D eigenvalue weighted by atomic mass is 35.5. The van der Waals surface area contributed by atoms with Crippen molar-refractivity contribution < 1.29 is 0 Å². The molecule has 1 fully saturated rings. The zero-order chi connectivity index (χ0) is 11.4. The third kappa shape index (κ3) is 4.84. The number of amidine groups is 1. The van der Waals surface area contributed by atoms with Gasteiger partial charge in [-0.15, -0.1) is 24.8 Å². The predicted octanol–water partition coefficient (Wildman–Crippen LogP) is 2.80. The number of hydrogen-bond acceptors (Lipinski definition) is 2. The molecule has 1 aromatic carbocycles. The number of hydrogen-bond donors (Lipinski definition) is 2. The second-order valence-electron chi connectivity index (χ2n) is 4.45. The van der Waals surface area contributed by atoms with Gasteiger partial charge in [-0.1, -0.05) is 30.7 Å². The molecule has 1 aliphatic rings. The topological polar surface area (TPSA) is 53.1 Å². The number of likely N-dealkylation sites (tertiary alicyclic amines) is 1. The lowest BCUT2D eigenvalue weighted by atomic mass is 10.1. The van der Waals surface area contributed by atoms with Gasteiger partial charge in [-0.3, -0.25) is 10.3 Å². The van der Waals surface area contributed by atoms with E-state index in [4.69, 9.17) is 11.1 Å². The van der Waals surface area contributed by atoms with Gasteiger partial charge < -0.3 is 5.73 Å². The van der Waals surface area contributed by atoms with E-state index in [0.717, 1.165) is 12.1 Å². The molecule has 0 bridgehead atoms. The molecule has 1 aromatic rings. The lowest BCUT2D eigenvalue weighted by molar-refractivity contribution is 0.221. The molecule has 3 N–H and O–H groups in total. The number of rotatable bonds is 3. The third-order valence-corrected chi connectivity index (χ3v) is 3.12. The van der Waals surface area contributed by atoms with Gasteiger partial charge in [0.05, 0.1) is 0 Å². The first-order valence-corrected chi connectivity index (χ1v) is 5.91. The average Bonchev–Trinajstić information content (AvgIpc) is 2.31. The number of nitrogen functional groups attached to an aromatic ring is 1. The number of nitrogens with zero attached hydrogens (tertiary/aromatic N) is 1. The van der Waals surface area contributed by atoms with Gasteiger partial charge in [0.1, 0.15) is 5.84 Å². The highest BCUT2D eigenvalue weighted by Crippen LogP contribution is 2.13. The van der Waals surface area contributed by atoms with Gasteiger partial charge in [0.25, 0.3) is 0 Å². The van der Waals surface area contributed by atoms with Crippen molar-refractivity contribution in [3.8, 4) is 0 Å². The summed E-state index contributed by atoms with van der Waals surface area (Å²) in [4.78, 5) is 2.49. The number of nitrogens with two attached hydrogens (primary N) is 1. The summed E-state index contributed by atoms with van der Waals surface area (Å²) < 4.78 is 0. The lowest BCUT2D eigenvalue weighted by Crippen LogP contribution is -2.29. The van der Waals surface area contributed by atoms with Crippen LogP contribution in [0.2, 0.25) is 0 Å². The summed E-state index contributed by atoms with van der Waals surface area (Å²) >= 11 is 0. The summed E-state index contributed by atoms with van der Waals surface area (Å²) in [6.07, 6.45) is 4.02. The van der Waals surface area contributed by atoms with Gasteiger partial charge in [0, 0.05) is 12.1 Å². The van der Waals surface area contributed by atoms with Crippen molar-refractivity contribution in [2.24, 2.45) is 5.73 Å². The molecule has 3 nitrogen and oxygen atoms in total. The summed E-state index contributed by atoms with van der Waals surface area (Å²) in [5.74, 6) is 0.143. The molecule has 1 saturated heterocycles. The van der Waals surface area contributed by atoms with E-state index in [2.05, 4.69) is 17.0 Å². The zero-order valence-corrected chi connectivity index (χ0v) is 12.0. The van der Waals surface area contributed by atoms with Crippen LogP contribution in [0.3, 0.4) is 0 Å². The van der Waals surface area contributed by atoms with Crippen LogP contribution in [0.5, 0.6) is 0 Å². The van der Waals surface area contributed by atoms with Crippen LogP contribution in [0, 0.1) is 5.41 Å². The maximum Gasteiger partial charge on any atom is 0.122 e. The minimum atomic E-state index is 0. The maximum absolute atomic E-state index is 7.33. The third-order valence-electron chi connectivity index (χ3n) is 3.12. The molecule has 2 rings (SSSR count). The van der Waals surface area contributed by atoms with Crippen molar-refractivity contribution >= 4 is 30.6 Å². The fraction of sp³-hybridized carbons (Fsp3) is 0.462. The lowest BCUT2D eigenvalue weighted by Gasteiger charge is -2.26. The summed E-state index contributed by atoms with van der Waals surface area (Å²) in [6.45, 7) is 3.46. The van der Waals surface area contributed by atoms with Gasteiger partial charge in [-0.2, -0.15) is 0 Å². The number of nitrogens with one attached hydrogen (secondary N) is 1. The van der Waals surface area contributed by atoms with Gasteiger partial charge in [-0.05, 0) is 31.5 Å². The van der Waals surface area contributed by atoms with Crippen LogP contribution in [-0.4, -0.2) is 23.8 Å². The van der Waals surface area contributed by atoms with E-state index in [9.17, 15) is 0 Å². The van der Waals surface area contributed by atoms with Crippen molar-refractivity contribution in [1.82, 2.24) is 4.90 Å². The van der Waals surface area contributed by atoms with Gasteiger partial charge in [0.2, 0.25) is 0 Å². The average molecular weight is 290 g/mol. The van der Waals surface area contributed by atoms with E-state index in [1.807, 2.05) is 12.1 Å². The minimum absolute atomic E-state index is 0. The van der Waals surface area contributed by atoms with Crippen LogP contribution >= 0.6 is 24.8 Å². The highest BCUT2D eigenvalue weighted by molar-refractivity contribution is 5.94. The molecule has 102 valence electrons. The fourth-order valence-electron chi connectivity index (χ4n) is 2.17. The Morgan fingerprint density at radius 3 is 2.11 bits per heavy atom. The van der Waals surface area contributed by atoms with E-state index in [1.165, 1.54) is 37.9 Å². The second-order valence-corrected chi connectivity index (χ2v) is 4.45. The Labute approximate surface area is 121 Å². The van der Waals surface area contributed by atoms with Crippen molar-refractivity contribution in [3.63, 3.8) is 0 Å². The van der Waals surface area contributed by atoms with E-state index >= 15 is 0 Å². The second kappa shape index (κ2) is 8.35. The monoisotopic (exact) mass is 289 g/mol. The van der Waals surface area contributed by atoms with Gasteiger partial charge in [0.15, 0.2) is 0 Å². The Bertz CT molecular complexity index is 359. The Morgan fingerprint density at radius 1 is 1.06 bits per heavy atom. The van der Waals surface area contributed by atoms with Crippen molar-refractivity contribution in [2.45, 2.75) is 25.8 Å². The highest BCUT2D eigenvalue weighted by Gasteiger charge is 2.10. The fourth-order valence-corrected chi connectivity index (χ4v) is 2.17. The molecular weight excluding hydrogens is 269 g/mol. The Kier molecular flexibility index (Phi) is 8.00. The maximum atomic E-state index is 7.33. The number of halogens is 2. The Morgan fingerprint density at radius 2 is 1.61 bits per heavy atom. The first-order valence-electron chi connectivity index (χ1n) is 5.91. The molecule has 0 amide bonds. The molecule has 0 spiro atoms. The predicted molar refractivity (Wildman–Crippen MR) is 81.1 cm³/mol.